The van der Waals surface area contributed by atoms with Crippen molar-refractivity contribution in [3.05, 3.63) is 24.0 Å². The van der Waals surface area contributed by atoms with Gasteiger partial charge in [-0.05, 0) is 13.0 Å². The number of aryl methyl sites for hydroxylation is 1. The van der Waals surface area contributed by atoms with Crippen LogP contribution in [-0.4, -0.2) is 54.4 Å². The number of aromatic nitrogens is 1. The number of nitrogens with zero attached hydrogens (tertiary/aromatic N) is 2. The Hall–Kier alpha value is -1.82. The van der Waals surface area contributed by atoms with E-state index < -0.39 is 0 Å². The third kappa shape index (κ3) is 3.80. The second-order valence-corrected chi connectivity index (χ2v) is 7.45. The highest BCUT2D eigenvalue weighted by Gasteiger charge is 2.37. The second kappa shape index (κ2) is 6.97. The van der Waals surface area contributed by atoms with E-state index in [1.165, 1.54) is 0 Å². The van der Waals surface area contributed by atoms with Crippen LogP contribution in [0.5, 0.6) is 5.75 Å². The number of rotatable bonds is 3. The largest absolute Gasteiger partial charge is 0.490 e. The van der Waals surface area contributed by atoms with Crippen LogP contribution in [0.15, 0.2) is 18.5 Å². The summed E-state index contributed by atoms with van der Waals surface area (Å²) in [6, 6.07) is 1.99. The van der Waals surface area contributed by atoms with E-state index in [-0.39, 0.29) is 23.6 Å². The Morgan fingerprint density at radius 2 is 2.17 bits per heavy atom. The van der Waals surface area contributed by atoms with Crippen molar-refractivity contribution in [3.63, 3.8) is 0 Å². The van der Waals surface area contributed by atoms with Crippen LogP contribution in [0.4, 0.5) is 4.79 Å². The van der Waals surface area contributed by atoms with Gasteiger partial charge in [-0.1, -0.05) is 13.8 Å². The average molecular weight is 333 g/mol. The van der Waals surface area contributed by atoms with Crippen LogP contribution in [0.25, 0.3) is 0 Å². The standard InChI is InChI=1S/C18H27N3O3/c1-13-10-19-7-4-15(13)24-14-5-8-21(9-6-14)17(22)20-16-11-23-12-18(16,2)3/h4,7,10,14,16H,5-6,8-9,11-12H2,1-3H3,(H,20,22). The number of piperidine rings is 1. The van der Waals surface area contributed by atoms with Crippen molar-refractivity contribution in [1.29, 1.82) is 0 Å². The molecule has 3 heterocycles. The highest BCUT2D eigenvalue weighted by atomic mass is 16.5. The fourth-order valence-corrected chi connectivity index (χ4v) is 3.19. The first-order valence-electron chi connectivity index (χ1n) is 8.66. The summed E-state index contributed by atoms with van der Waals surface area (Å²) in [4.78, 5) is 18.4. The smallest absolute Gasteiger partial charge is 0.317 e. The molecule has 3 rings (SSSR count). The topological polar surface area (TPSA) is 63.7 Å². The first-order chi connectivity index (χ1) is 11.5. The van der Waals surface area contributed by atoms with Crippen LogP contribution in [0.1, 0.15) is 32.3 Å². The molecule has 2 fully saturated rings. The zero-order valence-corrected chi connectivity index (χ0v) is 14.7. The van der Waals surface area contributed by atoms with Gasteiger partial charge in [-0.15, -0.1) is 0 Å². The maximum Gasteiger partial charge on any atom is 0.317 e. The third-order valence-electron chi connectivity index (χ3n) is 4.99. The molecule has 0 bridgehead atoms. The summed E-state index contributed by atoms with van der Waals surface area (Å²) in [5.74, 6) is 0.887. The Balaban J connectivity index is 1.48. The minimum Gasteiger partial charge on any atom is -0.490 e. The van der Waals surface area contributed by atoms with E-state index in [4.69, 9.17) is 9.47 Å². The van der Waals surface area contributed by atoms with Crippen molar-refractivity contribution in [2.75, 3.05) is 26.3 Å². The predicted octanol–water partition coefficient (Wildman–Crippen LogP) is 2.37. The fourth-order valence-electron chi connectivity index (χ4n) is 3.19. The van der Waals surface area contributed by atoms with E-state index in [0.29, 0.717) is 26.3 Å². The molecule has 1 atom stereocenters. The quantitative estimate of drug-likeness (QED) is 0.922. The highest BCUT2D eigenvalue weighted by Crippen LogP contribution is 2.28. The zero-order chi connectivity index (χ0) is 17.2. The monoisotopic (exact) mass is 333 g/mol. The predicted molar refractivity (Wildman–Crippen MR) is 91.1 cm³/mol. The molecule has 2 aliphatic rings. The molecule has 2 saturated heterocycles. The lowest BCUT2D eigenvalue weighted by Crippen LogP contribution is -2.52. The van der Waals surface area contributed by atoms with Crippen LogP contribution >= 0.6 is 0 Å². The van der Waals surface area contributed by atoms with Gasteiger partial charge in [0, 0.05) is 49.3 Å². The molecule has 132 valence electrons. The summed E-state index contributed by atoms with van der Waals surface area (Å²) in [5, 5.41) is 3.13. The summed E-state index contributed by atoms with van der Waals surface area (Å²) in [6.07, 6.45) is 5.40. The molecular formula is C18H27N3O3. The van der Waals surface area contributed by atoms with Gasteiger partial charge in [0.15, 0.2) is 0 Å². The van der Waals surface area contributed by atoms with Crippen molar-refractivity contribution in [2.24, 2.45) is 5.41 Å². The van der Waals surface area contributed by atoms with Gasteiger partial charge in [-0.3, -0.25) is 4.98 Å². The van der Waals surface area contributed by atoms with E-state index in [1.807, 2.05) is 24.1 Å². The lowest BCUT2D eigenvalue weighted by molar-refractivity contribution is 0.107. The number of likely N-dealkylation sites (tertiary alicyclic amines) is 1. The SMILES string of the molecule is Cc1cnccc1OC1CCN(C(=O)NC2COCC2(C)C)CC1. The van der Waals surface area contributed by atoms with Crippen molar-refractivity contribution in [2.45, 2.75) is 45.8 Å². The molecular weight excluding hydrogens is 306 g/mol. The normalized spacial score (nSPS) is 24.0. The Kier molecular flexibility index (Phi) is 4.94. The van der Waals surface area contributed by atoms with E-state index in [2.05, 4.69) is 24.1 Å². The maximum absolute atomic E-state index is 12.5. The van der Waals surface area contributed by atoms with Gasteiger partial charge < -0.3 is 19.7 Å². The Labute approximate surface area is 143 Å². The number of hydrogen-bond acceptors (Lipinski definition) is 4. The number of carbonyl (C=O) groups is 1. The molecule has 1 unspecified atom stereocenters. The molecule has 0 aliphatic carbocycles. The van der Waals surface area contributed by atoms with E-state index in [1.54, 1.807) is 6.20 Å². The highest BCUT2D eigenvalue weighted by molar-refractivity contribution is 5.74. The molecule has 0 aromatic carbocycles. The number of amides is 2. The summed E-state index contributed by atoms with van der Waals surface area (Å²) >= 11 is 0. The summed E-state index contributed by atoms with van der Waals surface area (Å²) in [6.45, 7) is 8.97. The number of hydrogen-bond donors (Lipinski definition) is 1. The number of carbonyl (C=O) groups excluding carboxylic acids is 1. The van der Waals surface area contributed by atoms with Crippen molar-refractivity contribution in [3.8, 4) is 5.75 Å². The van der Waals surface area contributed by atoms with Crippen molar-refractivity contribution in [1.82, 2.24) is 15.2 Å². The Morgan fingerprint density at radius 3 is 2.79 bits per heavy atom. The van der Waals surface area contributed by atoms with Gasteiger partial charge in [-0.25, -0.2) is 4.79 Å². The molecule has 2 amide bonds. The molecule has 24 heavy (non-hydrogen) atoms. The lowest BCUT2D eigenvalue weighted by atomic mass is 9.88. The summed E-state index contributed by atoms with van der Waals surface area (Å²) in [5.41, 5.74) is 1.04. The number of ether oxygens (including phenoxy) is 2. The first-order valence-corrected chi connectivity index (χ1v) is 8.66. The summed E-state index contributed by atoms with van der Waals surface area (Å²) in [7, 11) is 0. The number of nitrogens with one attached hydrogen (secondary N) is 1. The van der Waals surface area contributed by atoms with Gasteiger partial charge in [0.25, 0.3) is 0 Å². The molecule has 1 aromatic rings. The molecule has 1 N–H and O–H groups in total. The average Bonchev–Trinajstić information content (AvgIpc) is 2.89. The Bertz CT molecular complexity index is 583. The lowest BCUT2D eigenvalue weighted by Gasteiger charge is -2.34. The first kappa shape index (κ1) is 17.0. The van der Waals surface area contributed by atoms with Crippen LogP contribution in [0.2, 0.25) is 0 Å². The maximum atomic E-state index is 12.5. The summed E-state index contributed by atoms with van der Waals surface area (Å²) < 4.78 is 11.6. The third-order valence-corrected chi connectivity index (χ3v) is 4.99. The van der Waals surface area contributed by atoms with Gasteiger partial charge in [0.1, 0.15) is 11.9 Å². The van der Waals surface area contributed by atoms with E-state index in [9.17, 15) is 4.79 Å². The van der Waals surface area contributed by atoms with Crippen molar-refractivity contribution < 1.29 is 14.3 Å². The van der Waals surface area contributed by atoms with Crippen LogP contribution < -0.4 is 10.1 Å². The van der Waals surface area contributed by atoms with Gasteiger partial charge in [0.2, 0.25) is 0 Å². The van der Waals surface area contributed by atoms with Gasteiger partial charge in [0.05, 0.1) is 19.3 Å². The molecule has 0 spiro atoms. The minimum atomic E-state index is -0.00400. The number of pyridine rings is 1. The molecule has 6 nitrogen and oxygen atoms in total. The second-order valence-electron chi connectivity index (χ2n) is 7.45. The molecule has 0 saturated carbocycles. The Morgan fingerprint density at radius 1 is 1.42 bits per heavy atom. The van der Waals surface area contributed by atoms with E-state index in [0.717, 1.165) is 24.2 Å². The number of urea groups is 1. The van der Waals surface area contributed by atoms with Crippen LogP contribution in [0, 0.1) is 12.3 Å². The molecule has 2 aliphatic heterocycles. The van der Waals surface area contributed by atoms with E-state index >= 15 is 0 Å². The van der Waals surface area contributed by atoms with Crippen molar-refractivity contribution >= 4 is 6.03 Å². The van der Waals surface area contributed by atoms with Gasteiger partial charge >= 0.3 is 6.03 Å². The molecule has 1 aromatic heterocycles. The van der Waals surface area contributed by atoms with Crippen LogP contribution in [-0.2, 0) is 4.74 Å². The zero-order valence-electron chi connectivity index (χ0n) is 14.7. The minimum absolute atomic E-state index is 0.00400. The molecule has 6 heteroatoms. The molecule has 0 radical (unpaired) electrons. The van der Waals surface area contributed by atoms with Gasteiger partial charge in [-0.2, -0.15) is 0 Å². The van der Waals surface area contributed by atoms with Crippen LogP contribution in [0.3, 0.4) is 0 Å². The fraction of sp³-hybridized carbons (Fsp3) is 0.667.